The van der Waals surface area contributed by atoms with E-state index in [4.69, 9.17) is 5.84 Å². The lowest BCUT2D eigenvalue weighted by Gasteiger charge is -2.18. The second kappa shape index (κ2) is 4.56. The van der Waals surface area contributed by atoms with Crippen molar-refractivity contribution in [3.8, 4) is 0 Å². The van der Waals surface area contributed by atoms with Crippen LogP contribution in [0.5, 0.6) is 0 Å². The fourth-order valence-electron chi connectivity index (χ4n) is 2.61. The number of hydrogen-bond donors (Lipinski definition) is 2. The topological polar surface area (TPSA) is 38.0 Å². The second-order valence-corrected chi connectivity index (χ2v) is 5.19. The summed E-state index contributed by atoms with van der Waals surface area (Å²) >= 11 is 0. The van der Waals surface area contributed by atoms with E-state index in [1.807, 2.05) is 0 Å². The van der Waals surface area contributed by atoms with Crippen LogP contribution < -0.4 is 11.3 Å². The Balaban J connectivity index is 2.19. The van der Waals surface area contributed by atoms with Crippen molar-refractivity contribution < 1.29 is 0 Å². The molecule has 88 valence electrons. The molecule has 1 unspecified atom stereocenters. The predicted molar refractivity (Wildman–Crippen MR) is 68.2 cm³/mol. The standard InChI is InChI=1S/C14H22N2/c1-9-6-10(2)13(11(3)7-9)8-14(16-15)12-4-5-12/h6-7,12,14,16H,4-5,8,15H2,1-3H3. The summed E-state index contributed by atoms with van der Waals surface area (Å²) in [6, 6.07) is 4.99. The van der Waals surface area contributed by atoms with Gasteiger partial charge in [0, 0.05) is 6.04 Å². The summed E-state index contributed by atoms with van der Waals surface area (Å²) in [6.45, 7) is 6.56. The molecule has 1 aliphatic rings. The average molecular weight is 218 g/mol. The minimum Gasteiger partial charge on any atom is -0.271 e. The summed E-state index contributed by atoms with van der Waals surface area (Å²) in [4.78, 5) is 0. The maximum absolute atomic E-state index is 5.64. The van der Waals surface area contributed by atoms with Gasteiger partial charge in [0.2, 0.25) is 0 Å². The summed E-state index contributed by atoms with van der Waals surface area (Å²) in [5.41, 5.74) is 8.61. The first-order valence-electron chi connectivity index (χ1n) is 6.14. The van der Waals surface area contributed by atoms with E-state index in [1.165, 1.54) is 35.1 Å². The molecule has 2 heteroatoms. The fourth-order valence-corrected chi connectivity index (χ4v) is 2.61. The number of aryl methyl sites for hydroxylation is 3. The minimum atomic E-state index is 0.458. The molecule has 0 heterocycles. The average Bonchev–Trinajstić information content (AvgIpc) is 3.00. The van der Waals surface area contributed by atoms with Gasteiger partial charge >= 0.3 is 0 Å². The van der Waals surface area contributed by atoms with Gasteiger partial charge in [-0.05, 0) is 62.6 Å². The molecule has 1 aromatic rings. The summed E-state index contributed by atoms with van der Waals surface area (Å²) < 4.78 is 0. The number of nitrogens with one attached hydrogen (secondary N) is 1. The van der Waals surface area contributed by atoms with Crippen molar-refractivity contribution >= 4 is 0 Å². The van der Waals surface area contributed by atoms with Crippen molar-refractivity contribution in [2.24, 2.45) is 11.8 Å². The smallest absolute Gasteiger partial charge is 0.0279 e. The van der Waals surface area contributed by atoms with Gasteiger partial charge in [0.05, 0.1) is 0 Å². The molecular formula is C14H22N2. The molecular weight excluding hydrogens is 196 g/mol. The van der Waals surface area contributed by atoms with E-state index in [0.29, 0.717) is 6.04 Å². The molecule has 0 saturated heterocycles. The number of hydrogen-bond acceptors (Lipinski definition) is 2. The van der Waals surface area contributed by atoms with Crippen LogP contribution in [0, 0.1) is 26.7 Å². The molecule has 1 aliphatic carbocycles. The Labute approximate surface area is 98.2 Å². The van der Waals surface area contributed by atoms with E-state index in [9.17, 15) is 0 Å². The zero-order valence-corrected chi connectivity index (χ0v) is 10.5. The molecule has 0 spiro atoms. The molecule has 0 bridgehead atoms. The van der Waals surface area contributed by atoms with E-state index in [0.717, 1.165) is 12.3 Å². The normalized spacial score (nSPS) is 17.5. The highest BCUT2D eigenvalue weighted by Crippen LogP contribution is 2.34. The van der Waals surface area contributed by atoms with E-state index in [1.54, 1.807) is 0 Å². The van der Waals surface area contributed by atoms with Crippen molar-refractivity contribution in [2.45, 2.75) is 46.1 Å². The third kappa shape index (κ3) is 2.45. The van der Waals surface area contributed by atoms with Crippen molar-refractivity contribution in [2.75, 3.05) is 0 Å². The van der Waals surface area contributed by atoms with E-state index in [-0.39, 0.29) is 0 Å². The highest BCUT2D eigenvalue weighted by Gasteiger charge is 2.30. The molecule has 1 aromatic carbocycles. The van der Waals surface area contributed by atoms with Gasteiger partial charge in [-0.2, -0.15) is 0 Å². The van der Waals surface area contributed by atoms with Crippen LogP contribution in [0.25, 0.3) is 0 Å². The monoisotopic (exact) mass is 218 g/mol. The van der Waals surface area contributed by atoms with Gasteiger partial charge in [0.25, 0.3) is 0 Å². The summed E-state index contributed by atoms with van der Waals surface area (Å²) in [6.07, 6.45) is 3.73. The van der Waals surface area contributed by atoms with Gasteiger partial charge < -0.3 is 0 Å². The minimum absolute atomic E-state index is 0.458. The molecule has 0 aliphatic heterocycles. The van der Waals surface area contributed by atoms with E-state index < -0.39 is 0 Å². The third-order valence-corrected chi connectivity index (χ3v) is 3.67. The maximum atomic E-state index is 5.64. The highest BCUT2D eigenvalue weighted by atomic mass is 15.2. The van der Waals surface area contributed by atoms with Crippen LogP contribution in [0.3, 0.4) is 0 Å². The Bertz CT molecular complexity index is 357. The van der Waals surface area contributed by atoms with Crippen molar-refractivity contribution in [3.05, 3.63) is 34.4 Å². The van der Waals surface area contributed by atoms with Crippen LogP contribution in [0.1, 0.15) is 35.1 Å². The number of rotatable bonds is 4. The van der Waals surface area contributed by atoms with Gasteiger partial charge in [-0.1, -0.05) is 17.7 Å². The molecule has 0 aromatic heterocycles. The van der Waals surface area contributed by atoms with Crippen molar-refractivity contribution in [3.63, 3.8) is 0 Å². The number of benzene rings is 1. The maximum Gasteiger partial charge on any atom is 0.0279 e. The largest absolute Gasteiger partial charge is 0.271 e. The molecule has 2 nitrogen and oxygen atoms in total. The molecule has 16 heavy (non-hydrogen) atoms. The SMILES string of the molecule is Cc1cc(C)c(CC(NN)C2CC2)c(C)c1. The fraction of sp³-hybridized carbons (Fsp3) is 0.571. The van der Waals surface area contributed by atoms with Gasteiger partial charge in [0.1, 0.15) is 0 Å². The van der Waals surface area contributed by atoms with Gasteiger partial charge in [-0.3, -0.25) is 11.3 Å². The zero-order valence-electron chi connectivity index (χ0n) is 10.5. The first kappa shape index (κ1) is 11.6. The van der Waals surface area contributed by atoms with Crippen LogP contribution in [-0.4, -0.2) is 6.04 Å². The molecule has 2 rings (SSSR count). The van der Waals surface area contributed by atoms with Crippen LogP contribution in [0.2, 0.25) is 0 Å². The Kier molecular flexibility index (Phi) is 3.31. The van der Waals surface area contributed by atoms with Crippen LogP contribution in [0.15, 0.2) is 12.1 Å². The van der Waals surface area contributed by atoms with Crippen LogP contribution in [0.4, 0.5) is 0 Å². The summed E-state index contributed by atoms with van der Waals surface area (Å²) in [5, 5.41) is 0. The van der Waals surface area contributed by atoms with Gasteiger partial charge in [-0.25, -0.2) is 0 Å². The quantitative estimate of drug-likeness (QED) is 0.601. The van der Waals surface area contributed by atoms with Crippen LogP contribution >= 0.6 is 0 Å². The van der Waals surface area contributed by atoms with E-state index in [2.05, 4.69) is 38.3 Å². The number of hydrazine groups is 1. The van der Waals surface area contributed by atoms with Gasteiger partial charge in [0.15, 0.2) is 0 Å². The lowest BCUT2D eigenvalue weighted by atomic mass is 9.93. The second-order valence-electron chi connectivity index (χ2n) is 5.19. The van der Waals surface area contributed by atoms with Gasteiger partial charge in [-0.15, -0.1) is 0 Å². The molecule has 3 N–H and O–H groups in total. The molecule has 1 atom stereocenters. The molecule has 0 amide bonds. The lowest BCUT2D eigenvalue weighted by molar-refractivity contribution is 0.471. The Hall–Kier alpha value is -0.860. The van der Waals surface area contributed by atoms with Crippen molar-refractivity contribution in [1.29, 1.82) is 0 Å². The first-order valence-corrected chi connectivity index (χ1v) is 6.14. The summed E-state index contributed by atoms with van der Waals surface area (Å²) in [5.74, 6) is 6.44. The first-order chi connectivity index (χ1) is 7.61. The predicted octanol–water partition coefficient (Wildman–Crippen LogP) is 2.40. The molecule has 1 saturated carbocycles. The van der Waals surface area contributed by atoms with E-state index >= 15 is 0 Å². The van der Waals surface area contributed by atoms with Crippen molar-refractivity contribution in [1.82, 2.24) is 5.43 Å². The lowest BCUT2D eigenvalue weighted by Crippen LogP contribution is -2.38. The third-order valence-electron chi connectivity index (χ3n) is 3.67. The Morgan fingerprint density at radius 2 is 1.81 bits per heavy atom. The molecule has 1 fully saturated rings. The van der Waals surface area contributed by atoms with Crippen LogP contribution in [-0.2, 0) is 6.42 Å². The Morgan fingerprint density at radius 1 is 1.25 bits per heavy atom. The molecule has 0 radical (unpaired) electrons. The summed E-state index contributed by atoms with van der Waals surface area (Å²) in [7, 11) is 0. The zero-order chi connectivity index (χ0) is 11.7. The highest BCUT2D eigenvalue weighted by molar-refractivity contribution is 5.38. The number of nitrogens with two attached hydrogens (primary N) is 1. The Morgan fingerprint density at radius 3 is 2.25 bits per heavy atom.